The maximum Gasteiger partial charge on any atom is 0.422 e. The van der Waals surface area contributed by atoms with Gasteiger partial charge in [-0.3, -0.25) is 0 Å². The molecule has 0 aliphatic rings. The Balaban J connectivity index is 2.02. The van der Waals surface area contributed by atoms with Crippen LogP contribution in [-0.2, 0) is 0 Å². The highest BCUT2D eigenvalue weighted by Crippen LogP contribution is 2.29. The third-order valence-electron chi connectivity index (χ3n) is 3.75. The van der Waals surface area contributed by atoms with Crippen LogP contribution in [0.1, 0.15) is 18.5 Å². The summed E-state index contributed by atoms with van der Waals surface area (Å²) in [5.74, 6) is 1.19. The molecule has 0 aliphatic carbocycles. The lowest BCUT2D eigenvalue weighted by molar-refractivity contribution is -0.153. The largest absolute Gasteiger partial charge is 0.497 e. The van der Waals surface area contributed by atoms with E-state index in [-0.39, 0.29) is 5.75 Å². The molecule has 0 heterocycles. The predicted molar refractivity (Wildman–Crippen MR) is 98.1 cm³/mol. The van der Waals surface area contributed by atoms with Crippen molar-refractivity contribution in [1.29, 1.82) is 0 Å². The number of methoxy groups -OCH3 is 2. The Morgan fingerprint density at radius 1 is 1.07 bits per heavy atom. The summed E-state index contributed by atoms with van der Waals surface area (Å²) in [5.41, 5.74) is 1.00. The average molecular weight is 398 g/mol. The first kappa shape index (κ1) is 21.2. The minimum absolute atomic E-state index is 0.00219. The molecule has 1 atom stereocenters. The van der Waals surface area contributed by atoms with Crippen LogP contribution in [0.5, 0.6) is 17.2 Å². The molecule has 0 bridgehead atoms. The number of hydrogen-bond donors (Lipinski definition) is 2. The number of anilines is 1. The van der Waals surface area contributed by atoms with Gasteiger partial charge in [-0.15, -0.1) is 0 Å². The van der Waals surface area contributed by atoms with Crippen LogP contribution in [0.2, 0.25) is 0 Å². The normalized spacial score (nSPS) is 12.1. The molecule has 0 aliphatic heterocycles. The third kappa shape index (κ3) is 6.26. The molecule has 1 unspecified atom stereocenters. The first-order valence-corrected chi connectivity index (χ1v) is 8.31. The fraction of sp³-hybridized carbons (Fsp3) is 0.316. The van der Waals surface area contributed by atoms with Gasteiger partial charge in [-0.1, -0.05) is 6.07 Å². The summed E-state index contributed by atoms with van der Waals surface area (Å²) in [6, 6.07) is 9.95. The highest BCUT2D eigenvalue weighted by molar-refractivity contribution is 5.89. The number of halogens is 3. The van der Waals surface area contributed by atoms with Gasteiger partial charge >= 0.3 is 12.2 Å². The maximum absolute atomic E-state index is 12.3. The number of ether oxygens (including phenoxy) is 3. The highest BCUT2D eigenvalue weighted by Gasteiger charge is 2.28. The number of amides is 2. The lowest BCUT2D eigenvalue weighted by Crippen LogP contribution is -2.31. The number of hydrogen-bond acceptors (Lipinski definition) is 4. The third-order valence-corrected chi connectivity index (χ3v) is 3.75. The van der Waals surface area contributed by atoms with Gasteiger partial charge in [0.25, 0.3) is 0 Å². The van der Waals surface area contributed by atoms with Crippen molar-refractivity contribution in [1.82, 2.24) is 5.32 Å². The molecular weight excluding hydrogens is 377 g/mol. The molecule has 2 amide bonds. The minimum Gasteiger partial charge on any atom is -0.497 e. The van der Waals surface area contributed by atoms with Crippen LogP contribution in [0, 0.1) is 0 Å². The van der Waals surface area contributed by atoms with Gasteiger partial charge in [0.05, 0.1) is 20.3 Å². The van der Waals surface area contributed by atoms with E-state index < -0.39 is 24.9 Å². The maximum atomic E-state index is 12.3. The molecule has 0 radical (unpaired) electrons. The average Bonchev–Trinajstić information content (AvgIpc) is 2.65. The monoisotopic (exact) mass is 398 g/mol. The van der Waals surface area contributed by atoms with Crippen LogP contribution in [0.4, 0.5) is 23.7 Å². The van der Waals surface area contributed by atoms with E-state index in [4.69, 9.17) is 9.47 Å². The van der Waals surface area contributed by atoms with Crippen molar-refractivity contribution in [2.24, 2.45) is 0 Å². The number of urea groups is 1. The molecule has 9 heteroatoms. The zero-order chi connectivity index (χ0) is 20.7. The van der Waals surface area contributed by atoms with E-state index >= 15 is 0 Å². The van der Waals surface area contributed by atoms with Crippen LogP contribution < -0.4 is 24.8 Å². The van der Waals surface area contributed by atoms with E-state index in [1.165, 1.54) is 38.5 Å². The minimum atomic E-state index is -4.44. The topological polar surface area (TPSA) is 68.8 Å². The Kier molecular flexibility index (Phi) is 6.97. The number of carbonyl (C=O) groups is 1. The van der Waals surface area contributed by atoms with Crippen LogP contribution in [0.25, 0.3) is 0 Å². The zero-order valence-corrected chi connectivity index (χ0v) is 15.6. The van der Waals surface area contributed by atoms with Crippen molar-refractivity contribution >= 4 is 11.7 Å². The Bertz CT molecular complexity index is 812. The molecule has 0 aromatic heterocycles. The van der Waals surface area contributed by atoms with E-state index in [0.29, 0.717) is 22.7 Å². The smallest absolute Gasteiger partial charge is 0.422 e. The predicted octanol–water partition coefficient (Wildman–Crippen LogP) is 4.53. The quantitative estimate of drug-likeness (QED) is 0.719. The van der Waals surface area contributed by atoms with Crippen molar-refractivity contribution < 1.29 is 32.2 Å². The molecule has 0 fully saturated rings. The van der Waals surface area contributed by atoms with Gasteiger partial charge in [0.2, 0.25) is 0 Å². The van der Waals surface area contributed by atoms with Crippen LogP contribution in [0.3, 0.4) is 0 Å². The van der Waals surface area contributed by atoms with Gasteiger partial charge in [-0.2, -0.15) is 13.2 Å². The summed E-state index contributed by atoms with van der Waals surface area (Å²) in [4.78, 5) is 12.3. The van der Waals surface area contributed by atoms with Crippen LogP contribution >= 0.6 is 0 Å². The van der Waals surface area contributed by atoms with Crippen molar-refractivity contribution in [3.8, 4) is 17.2 Å². The van der Waals surface area contributed by atoms with E-state index in [1.807, 2.05) is 0 Å². The number of nitrogens with one attached hydrogen (secondary N) is 2. The number of alkyl halides is 3. The first-order valence-electron chi connectivity index (χ1n) is 8.31. The Hall–Kier alpha value is -3.10. The summed E-state index contributed by atoms with van der Waals surface area (Å²) in [6.45, 7) is 0.356. The summed E-state index contributed by atoms with van der Waals surface area (Å²) in [6.07, 6.45) is -4.44. The van der Waals surface area contributed by atoms with E-state index in [2.05, 4.69) is 15.4 Å². The number of carbonyl (C=O) groups excluding carboxylic acids is 1. The Labute approximate surface area is 160 Å². The second-order valence-electron chi connectivity index (χ2n) is 5.86. The number of rotatable bonds is 7. The summed E-state index contributed by atoms with van der Waals surface area (Å²) >= 11 is 0. The second kappa shape index (κ2) is 9.20. The number of benzene rings is 2. The SMILES string of the molecule is COc1ccc(OC)c(C(C)NC(=O)Nc2cccc(OCC(F)(F)F)c2)c1. The fourth-order valence-corrected chi connectivity index (χ4v) is 2.45. The summed E-state index contributed by atoms with van der Waals surface area (Å²) < 4.78 is 51.9. The summed E-state index contributed by atoms with van der Waals surface area (Å²) in [5, 5.41) is 5.30. The van der Waals surface area contributed by atoms with Gasteiger partial charge in [0.15, 0.2) is 6.61 Å². The molecular formula is C19H21F3N2O4. The molecule has 0 spiro atoms. The molecule has 0 saturated carbocycles. The molecule has 0 saturated heterocycles. The Morgan fingerprint density at radius 2 is 1.82 bits per heavy atom. The molecule has 2 N–H and O–H groups in total. The molecule has 28 heavy (non-hydrogen) atoms. The van der Waals surface area contributed by atoms with Gasteiger partial charge in [0.1, 0.15) is 17.2 Å². The molecule has 2 aromatic carbocycles. The first-order chi connectivity index (χ1) is 13.2. The Morgan fingerprint density at radius 3 is 2.46 bits per heavy atom. The van der Waals surface area contributed by atoms with Gasteiger partial charge in [-0.05, 0) is 37.3 Å². The highest BCUT2D eigenvalue weighted by atomic mass is 19.4. The molecule has 6 nitrogen and oxygen atoms in total. The lowest BCUT2D eigenvalue weighted by Gasteiger charge is -2.19. The zero-order valence-electron chi connectivity index (χ0n) is 15.6. The van der Waals surface area contributed by atoms with Crippen molar-refractivity contribution in [2.75, 3.05) is 26.1 Å². The van der Waals surface area contributed by atoms with E-state index in [9.17, 15) is 18.0 Å². The van der Waals surface area contributed by atoms with E-state index in [0.717, 1.165) is 0 Å². The van der Waals surface area contributed by atoms with Gasteiger partial charge < -0.3 is 24.8 Å². The summed E-state index contributed by atoms with van der Waals surface area (Å²) in [7, 11) is 3.05. The molecule has 2 rings (SSSR count). The molecule has 152 valence electrons. The van der Waals surface area contributed by atoms with Crippen molar-refractivity contribution in [2.45, 2.75) is 19.1 Å². The van der Waals surface area contributed by atoms with Crippen LogP contribution in [0.15, 0.2) is 42.5 Å². The van der Waals surface area contributed by atoms with Crippen molar-refractivity contribution in [3.05, 3.63) is 48.0 Å². The van der Waals surface area contributed by atoms with Crippen LogP contribution in [-0.4, -0.2) is 33.0 Å². The van der Waals surface area contributed by atoms with Gasteiger partial charge in [-0.25, -0.2) is 4.79 Å². The fourth-order valence-electron chi connectivity index (χ4n) is 2.45. The lowest BCUT2D eigenvalue weighted by atomic mass is 10.1. The molecule has 2 aromatic rings. The van der Waals surface area contributed by atoms with Crippen molar-refractivity contribution in [3.63, 3.8) is 0 Å². The second-order valence-corrected chi connectivity index (χ2v) is 5.86. The van der Waals surface area contributed by atoms with E-state index in [1.54, 1.807) is 25.1 Å². The van der Waals surface area contributed by atoms with Gasteiger partial charge in [0, 0.05) is 17.3 Å². The standard InChI is InChI=1S/C19H21F3N2O4/c1-12(16-10-14(26-2)7-8-17(16)27-3)23-18(25)24-13-5-4-6-15(9-13)28-11-19(20,21)22/h4-10,12H,11H2,1-3H3,(H2,23,24,25).